The molecule has 0 spiro atoms. The zero-order chi connectivity index (χ0) is 24.1. The molecule has 3 heterocycles. The molecule has 0 bridgehead atoms. The summed E-state index contributed by atoms with van der Waals surface area (Å²) in [6, 6.07) is 11.2. The van der Waals surface area contributed by atoms with E-state index in [1.54, 1.807) is 18.0 Å². The third-order valence-corrected chi connectivity index (χ3v) is 8.85. The largest absolute Gasteiger partial charge is 0.392 e. The Balaban J connectivity index is 1.39. The lowest BCUT2D eigenvalue weighted by Gasteiger charge is -2.47. The second kappa shape index (κ2) is 11.2. The van der Waals surface area contributed by atoms with Crippen LogP contribution in [0, 0.1) is 5.41 Å². The Morgan fingerprint density at radius 1 is 1.06 bits per heavy atom. The SMILES string of the molecule is N=C/C=C(\N)SN1CCC(c2nnnn2Cc2ccccc2)(N2CCCN(C3CCC3)CC2)CC1. The topological polar surface area (TPSA) is 103 Å². The zero-order valence-corrected chi connectivity index (χ0v) is 21.2. The predicted molar refractivity (Wildman–Crippen MR) is 140 cm³/mol. The maximum atomic E-state index is 7.29. The molecule has 9 nitrogen and oxygen atoms in total. The maximum absolute atomic E-state index is 7.29. The number of rotatable bonds is 8. The fourth-order valence-corrected chi connectivity index (χ4v) is 6.57. The molecule has 0 radical (unpaired) electrons. The van der Waals surface area contributed by atoms with Gasteiger partial charge in [0, 0.05) is 45.0 Å². The van der Waals surface area contributed by atoms with E-state index >= 15 is 0 Å². The number of allylic oxidation sites excluding steroid dienone is 1. The molecule has 188 valence electrons. The van der Waals surface area contributed by atoms with Gasteiger partial charge in [0.25, 0.3) is 0 Å². The highest BCUT2D eigenvalue weighted by atomic mass is 32.2. The fraction of sp³-hybridized carbons (Fsp3) is 0.600. The molecule has 10 heteroatoms. The second-order valence-electron chi connectivity index (χ2n) is 9.89. The van der Waals surface area contributed by atoms with Gasteiger partial charge in [-0.05, 0) is 72.7 Å². The maximum Gasteiger partial charge on any atom is 0.172 e. The van der Waals surface area contributed by atoms with Crippen LogP contribution in [0.4, 0.5) is 0 Å². The standard InChI is InChI=1S/C25H37N9S/c26-13-10-23(27)35-33-16-11-25(12-17-33,32-15-5-14-31(18-19-32)22-8-4-9-22)24-28-29-30-34(24)20-21-6-2-1-3-7-21/h1-3,6-7,10,13,22,26H,4-5,8-9,11-12,14-20,27H2/b23-10+,26-13?. The summed E-state index contributed by atoms with van der Waals surface area (Å²) in [6.07, 6.45) is 10.1. The molecular weight excluding hydrogens is 458 g/mol. The van der Waals surface area contributed by atoms with Crippen LogP contribution >= 0.6 is 11.9 Å². The smallest absolute Gasteiger partial charge is 0.172 e. The van der Waals surface area contributed by atoms with Crippen LogP contribution < -0.4 is 5.73 Å². The number of hydrogen-bond donors (Lipinski definition) is 2. The molecule has 3 N–H and O–H groups in total. The van der Waals surface area contributed by atoms with E-state index in [9.17, 15) is 0 Å². The van der Waals surface area contributed by atoms with Gasteiger partial charge in [-0.3, -0.25) is 9.80 Å². The van der Waals surface area contributed by atoms with Gasteiger partial charge in [0.15, 0.2) is 5.82 Å². The van der Waals surface area contributed by atoms with Gasteiger partial charge < -0.3 is 11.1 Å². The Bertz CT molecular complexity index is 995. The first-order chi connectivity index (χ1) is 17.2. The van der Waals surface area contributed by atoms with E-state index in [4.69, 9.17) is 11.1 Å². The van der Waals surface area contributed by atoms with E-state index in [1.165, 1.54) is 44.0 Å². The first-order valence-corrected chi connectivity index (χ1v) is 13.6. The van der Waals surface area contributed by atoms with Gasteiger partial charge in [-0.15, -0.1) is 5.10 Å². The van der Waals surface area contributed by atoms with E-state index in [1.807, 2.05) is 10.7 Å². The number of nitrogens with one attached hydrogen (secondary N) is 1. The molecule has 1 aromatic carbocycles. The van der Waals surface area contributed by atoms with E-state index in [-0.39, 0.29) is 5.54 Å². The molecule has 35 heavy (non-hydrogen) atoms. The van der Waals surface area contributed by atoms with Crippen molar-refractivity contribution in [3.05, 3.63) is 52.8 Å². The molecule has 1 aromatic heterocycles. The van der Waals surface area contributed by atoms with Crippen molar-refractivity contribution in [2.24, 2.45) is 5.73 Å². The minimum absolute atomic E-state index is 0.189. The van der Waals surface area contributed by atoms with Crippen LogP contribution in [0.2, 0.25) is 0 Å². The zero-order valence-electron chi connectivity index (χ0n) is 20.4. The van der Waals surface area contributed by atoms with E-state index in [0.29, 0.717) is 11.6 Å². The van der Waals surface area contributed by atoms with Gasteiger partial charge in [-0.1, -0.05) is 36.8 Å². The quantitative estimate of drug-likeness (QED) is 0.426. The second-order valence-corrected chi connectivity index (χ2v) is 11.1. The Kier molecular flexibility index (Phi) is 7.81. The molecule has 0 unspecified atom stereocenters. The third-order valence-electron chi connectivity index (χ3n) is 7.88. The van der Waals surface area contributed by atoms with Gasteiger partial charge >= 0.3 is 0 Å². The van der Waals surface area contributed by atoms with Crippen LogP contribution in [-0.4, -0.2) is 85.8 Å². The van der Waals surface area contributed by atoms with Crippen molar-refractivity contribution < 1.29 is 0 Å². The lowest BCUT2D eigenvalue weighted by molar-refractivity contribution is 0.0273. The van der Waals surface area contributed by atoms with Crippen molar-refractivity contribution >= 4 is 18.2 Å². The van der Waals surface area contributed by atoms with Crippen LogP contribution in [0.25, 0.3) is 0 Å². The third kappa shape index (κ3) is 5.45. The van der Waals surface area contributed by atoms with Gasteiger partial charge in [0.05, 0.1) is 17.1 Å². The molecule has 5 rings (SSSR count). The number of benzene rings is 1. The highest BCUT2D eigenvalue weighted by Crippen LogP contribution is 2.41. The predicted octanol–water partition coefficient (Wildman–Crippen LogP) is 2.67. The molecule has 1 saturated carbocycles. The Hall–Kier alpha value is -2.27. The summed E-state index contributed by atoms with van der Waals surface area (Å²) in [5.41, 5.74) is 7.11. The molecule has 2 aliphatic heterocycles. The van der Waals surface area contributed by atoms with Crippen molar-refractivity contribution in [1.29, 1.82) is 5.41 Å². The minimum atomic E-state index is -0.189. The first-order valence-electron chi connectivity index (χ1n) is 12.9. The molecule has 1 aliphatic carbocycles. The summed E-state index contributed by atoms with van der Waals surface area (Å²) in [6.45, 7) is 6.93. The van der Waals surface area contributed by atoms with Gasteiger partial charge in [0.2, 0.25) is 0 Å². The Morgan fingerprint density at radius 2 is 1.86 bits per heavy atom. The van der Waals surface area contributed by atoms with E-state index in [0.717, 1.165) is 57.4 Å². The van der Waals surface area contributed by atoms with Crippen LogP contribution in [0.15, 0.2) is 41.4 Å². The number of piperidine rings is 1. The average molecular weight is 496 g/mol. The van der Waals surface area contributed by atoms with E-state index < -0.39 is 0 Å². The van der Waals surface area contributed by atoms with Crippen LogP contribution in [0.1, 0.15) is 49.9 Å². The highest BCUT2D eigenvalue weighted by molar-refractivity contribution is 8.00. The van der Waals surface area contributed by atoms with Crippen molar-refractivity contribution in [1.82, 2.24) is 34.3 Å². The number of nitrogens with two attached hydrogens (primary N) is 1. The Labute approximate surface area is 212 Å². The molecule has 3 fully saturated rings. The monoisotopic (exact) mass is 495 g/mol. The van der Waals surface area contributed by atoms with Crippen LogP contribution in [-0.2, 0) is 12.1 Å². The highest BCUT2D eigenvalue weighted by Gasteiger charge is 2.46. The first kappa shape index (κ1) is 24.4. The molecule has 0 atom stereocenters. The number of aromatic nitrogens is 4. The van der Waals surface area contributed by atoms with Crippen LogP contribution in [0.3, 0.4) is 0 Å². The molecular formula is C25H37N9S. The fourth-order valence-electron chi connectivity index (χ4n) is 5.77. The molecule has 3 aliphatic rings. The summed E-state index contributed by atoms with van der Waals surface area (Å²) >= 11 is 1.55. The molecule has 2 aromatic rings. The summed E-state index contributed by atoms with van der Waals surface area (Å²) in [4.78, 5) is 5.41. The average Bonchev–Trinajstić information content (AvgIpc) is 3.16. The number of tetrazole rings is 1. The Morgan fingerprint density at radius 3 is 2.57 bits per heavy atom. The summed E-state index contributed by atoms with van der Waals surface area (Å²) in [7, 11) is 0. The van der Waals surface area contributed by atoms with Crippen molar-refractivity contribution in [3.63, 3.8) is 0 Å². The van der Waals surface area contributed by atoms with Gasteiger partial charge in [-0.25, -0.2) is 8.99 Å². The van der Waals surface area contributed by atoms with Crippen molar-refractivity contribution in [2.75, 3.05) is 39.3 Å². The summed E-state index contributed by atoms with van der Waals surface area (Å²) < 4.78 is 4.34. The lowest BCUT2D eigenvalue weighted by Crippen LogP contribution is -2.55. The van der Waals surface area contributed by atoms with Crippen molar-refractivity contribution in [2.45, 2.75) is 56.7 Å². The summed E-state index contributed by atoms with van der Waals surface area (Å²) in [5, 5.41) is 21.2. The normalized spacial score (nSPS) is 23.0. The minimum Gasteiger partial charge on any atom is -0.392 e. The van der Waals surface area contributed by atoms with Crippen molar-refractivity contribution in [3.8, 4) is 0 Å². The van der Waals surface area contributed by atoms with Crippen LogP contribution in [0.5, 0.6) is 0 Å². The number of hydrogen-bond acceptors (Lipinski definition) is 9. The lowest BCUT2D eigenvalue weighted by atomic mass is 9.85. The van der Waals surface area contributed by atoms with Gasteiger partial charge in [-0.2, -0.15) is 0 Å². The van der Waals surface area contributed by atoms with Gasteiger partial charge in [0.1, 0.15) is 0 Å². The van der Waals surface area contributed by atoms with E-state index in [2.05, 4.69) is 53.9 Å². The molecule has 2 saturated heterocycles. The molecule has 0 amide bonds. The summed E-state index contributed by atoms with van der Waals surface area (Å²) in [5.74, 6) is 0.992. The number of nitrogens with zero attached hydrogens (tertiary/aromatic N) is 7.